The number of hydrogen-bond acceptors (Lipinski definition) is 4. The van der Waals surface area contributed by atoms with Gasteiger partial charge in [-0.15, -0.1) is 0 Å². The maximum absolute atomic E-state index is 13.7. The van der Waals surface area contributed by atoms with Crippen LogP contribution in [0, 0.1) is 17.8 Å². The zero-order valence-corrected chi connectivity index (χ0v) is 21.5. The quantitative estimate of drug-likeness (QED) is 0.324. The maximum Gasteiger partial charge on any atom is 0.257 e. The smallest absolute Gasteiger partial charge is 0.257 e. The van der Waals surface area contributed by atoms with Gasteiger partial charge >= 0.3 is 0 Å². The molecule has 2 saturated carbocycles. The molecule has 0 bridgehead atoms. The number of carbonyl (C=O) groups is 2. The fraction of sp³-hybridized carbons (Fsp3) is 0.893. The minimum Gasteiger partial charge on any atom is -0.369 e. The van der Waals surface area contributed by atoms with Crippen molar-refractivity contribution in [3.63, 3.8) is 0 Å². The first-order valence-corrected chi connectivity index (χ1v) is 14.2. The summed E-state index contributed by atoms with van der Waals surface area (Å²) in [4.78, 5) is 32.7. The van der Waals surface area contributed by atoms with Crippen LogP contribution in [0.1, 0.15) is 129 Å². The second-order valence-corrected chi connectivity index (χ2v) is 11.3. The summed E-state index contributed by atoms with van der Waals surface area (Å²) in [6.45, 7) is 5.08. The number of nitrogens with zero attached hydrogens (tertiary/aromatic N) is 2. The van der Waals surface area contributed by atoms with Gasteiger partial charge in [0.1, 0.15) is 11.3 Å². The number of ketones is 1. The van der Waals surface area contributed by atoms with E-state index in [-0.39, 0.29) is 5.91 Å². The molecule has 2 N–H and O–H groups in total. The first-order valence-electron chi connectivity index (χ1n) is 14.2. The Labute approximate surface area is 202 Å². The van der Waals surface area contributed by atoms with Gasteiger partial charge in [-0.05, 0) is 62.7 Å². The highest BCUT2D eigenvalue weighted by Crippen LogP contribution is 2.40. The monoisotopic (exact) mass is 459 g/mol. The van der Waals surface area contributed by atoms with E-state index in [4.69, 9.17) is 10.7 Å². The molecule has 5 nitrogen and oxygen atoms in total. The van der Waals surface area contributed by atoms with Gasteiger partial charge in [-0.3, -0.25) is 14.5 Å². The van der Waals surface area contributed by atoms with Crippen molar-refractivity contribution in [2.45, 2.75) is 135 Å². The third-order valence-electron chi connectivity index (χ3n) is 8.53. The third kappa shape index (κ3) is 7.29. The Balaban J connectivity index is 1.52. The number of unbranched alkanes of at least 4 members (excludes halogenated alkanes) is 3. The van der Waals surface area contributed by atoms with Crippen LogP contribution in [-0.4, -0.2) is 34.6 Å². The highest BCUT2D eigenvalue weighted by atomic mass is 16.2. The summed E-state index contributed by atoms with van der Waals surface area (Å²) in [5, 5.41) is 0. The number of nitrogens with two attached hydrogens (primary N) is 1. The van der Waals surface area contributed by atoms with Gasteiger partial charge < -0.3 is 5.73 Å². The van der Waals surface area contributed by atoms with E-state index in [0.717, 1.165) is 77.0 Å². The molecule has 1 aliphatic heterocycles. The average molecular weight is 460 g/mol. The lowest BCUT2D eigenvalue weighted by molar-refractivity contribution is -0.132. The Morgan fingerprint density at radius 3 is 2.27 bits per heavy atom. The third-order valence-corrected chi connectivity index (χ3v) is 8.53. The van der Waals surface area contributed by atoms with Crippen LogP contribution in [0.25, 0.3) is 0 Å². The molecule has 5 heteroatoms. The van der Waals surface area contributed by atoms with Crippen molar-refractivity contribution >= 4 is 17.6 Å². The Kier molecular flexibility index (Phi) is 10.2. The fourth-order valence-electron chi connectivity index (χ4n) is 6.47. The van der Waals surface area contributed by atoms with Gasteiger partial charge in [0.2, 0.25) is 0 Å². The molecular formula is C28H49N3O2. The topological polar surface area (TPSA) is 75.8 Å². The standard InChI is InChI=1S/C28H49N3O2/c1-3-5-8-13-25(32)19-22-14-16-24(17-15-22)21-31-26(33)28(18-6-4-2,30-27(31)29)20-23-11-9-7-10-12-23/h22-24H,3-21H2,1-2H3,(H2,29,30). The molecule has 1 heterocycles. The van der Waals surface area contributed by atoms with Crippen molar-refractivity contribution in [2.75, 3.05) is 6.54 Å². The van der Waals surface area contributed by atoms with Crippen LogP contribution in [0.2, 0.25) is 0 Å². The van der Waals surface area contributed by atoms with Crippen molar-refractivity contribution < 1.29 is 9.59 Å². The molecule has 1 unspecified atom stereocenters. The van der Waals surface area contributed by atoms with Crippen molar-refractivity contribution in [1.82, 2.24) is 4.90 Å². The van der Waals surface area contributed by atoms with Gasteiger partial charge in [0.15, 0.2) is 5.96 Å². The van der Waals surface area contributed by atoms with E-state index < -0.39 is 5.54 Å². The molecule has 3 rings (SSSR count). The Morgan fingerprint density at radius 1 is 0.939 bits per heavy atom. The van der Waals surface area contributed by atoms with E-state index in [1.54, 1.807) is 0 Å². The lowest BCUT2D eigenvalue weighted by Gasteiger charge is -2.34. The van der Waals surface area contributed by atoms with Gasteiger partial charge in [-0.25, -0.2) is 4.99 Å². The van der Waals surface area contributed by atoms with Crippen LogP contribution in [0.3, 0.4) is 0 Å². The largest absolute Gasteiger partial charge is 0.369 e. The van der Waals surface area contributed by atoms with E-state index in [1.165, 1.54) is 38.5 Å². The summed E-state index contributed by atoms with van der Waals surface area (Å²) < 4.78 is 0. The maximum atomic E-state index is 13.7. The average Bonchev–Trinajstić information content (AvgIpc) is 3.04. The molecule has 2 aliphatic carbocycles. The molecule has 1 amide bonds. The number of rotatable bonds is 13. The Hall–Kier alpha value is -1.39. The molecule has 0 aromatic carbocycles. The van der Waals surface area contributed by atoms with Crippen LogP contribution in [-0.2, 0) is 9.59 Å². The van der Waals surface area contributed by atoms with Crippen molar-refractivity contribution in [3.05, 3.63) is 0 Å². The number of guanidine groups is 1. The van der Waals surface area contributed by atoms with Crippen LogP contribution in [0.5, 0.6) is 0 Å². The highest BCUT2D eigenvalue weighted by molar-refractivity contribution is 6.06. The minimum absolute atomic E-state index is 0.173. The normalized spacial score (nSPS) is 28.8. The SMILES string of the molecule is CCCCCC(=O)CC1CCC(CN2C(=O)C(CCCC)(CC3CCCCC3)N=C2N)CC1. The highest BCUT2D eigenvalue weighted by Gasteiger charge is 2.48. The van der Waals surface area contributed by atoms with E-state index in [0.29, 0.717) is 36.0 Å². The van der Waals surface area contributed by atoms with E-state index >= 15 is 0 Å². The van der Waals surface area contributed by atoms with Crippen LogP contribution >= 0.6 is 0 Å². The second-order valence-electron chi connectivity index (χ2n) is 11.3. The number of Topliss-reactive ketones (excluding diaryl/α,β-unsaturated/α-hetero) is 1. The number of hydrogen-bond donors (Lipinski definition) is 1. The van der Waals surface area contributed by atoms with Crippen molar-refractivity contribution in [3.8, 4) is 0 Å². The molecule has 3 aliphatic rings. The Bertz CT molecular complexity index is 662. The number of amides is 1. The predicted octanol–water partition coefficient (Wildman–Crippen LogP) is 6.39. The molecule has 33 heavy (non-hydrogen) atoms. The molecule has 2 fully saturated rings. The van der Waals surface area contributed by atoms with Crippen molar-refractivity contribution in [2.24, 2.45) is 28.5 Å². The molecule has 0 aromatic rings. The summed E-state index contributed by atoms with van der Waals surface area (Å²) in [6.07, 6.45) is 19.5. The van der Waals surface area contributed by atoms with Crippen LogP contribution < -0.4 is 5.73 Å². The minimum atomic E-state index is -0.607. The lowest BCUT2D eigenvalue weighted by atomic mass is 9.77. The molecule has 0 spiro atoms. The van der Waals surface area contributed by atoms with Gasteiger partial charge in [-0.1, -0.05) is 71.6 Å². The first kappa shape index (κ1) is 26.2. The summed E-state index contributed by atoms with van der Waals surface area (Å²) in [6, 6.07) is 0. The molecule has 1 atom stereocenters. The zero-order valence-electron chi connectivity index (χ0n) is 21.5. The van der Waals surface area contributed by atoms with E-state index in [9.17, 15) is 9.59 Å². The Morgan fingerprint density at radius 2 is 1.61 bits per heavy atom. The van der Waals surface area contributed by atoms with Crippen molar-refractivity contribution in [1.29, 1.82) is 0 Å². The molecule has 0 aromatic heterocycles. The summed E-state index contributed by atoms with van der Waals surface area (Å²) in [5.41, 5.74) is 5.79. The lowest BCUT2D eigenvalue weighted by Crippen LogP contribution is -2.47. The zero-order chi connectivity index (χ0) is 23.7. The fourth-order valence-corrected chi connectivity index (χ4v) is 6.47. The van der Waals surface area contributed by atoms with Gasteiger partial charge in [0.25, 0.3) is 5.91 Å². The van der Waals surface area contributed by atoms with E-state index in [1.807, 2.05) is 4.90 Å². The predicted molar refractivity (Wildman–Crippen MR) is 136 cm³/mol. The van der Waals surface area contributed by atoms with E-state index in [2.05, 4.69) is 13.8 Å². The first-order chi connectivity index (χ1) is 16.0. The number of aliphatic imine (C=N–C) groups is 1. The summed E-state index contributed by atoms with van der Waals surface area (Å²) in [5.74, 6) is 2.70. The van der Waals surface area contributed by atoms with Gasteiger partial charge in [0, 0.05) is 19.4 Å². The van der Waals surface area contributed by atoms with Gasteiger partial charge in [0.05, 0.1) is 0 Å². The molecule has 188 valence electrons. The van der Waals surface area contributed by atoms with Gasteiger partial charge in [-0.2, -0.15) is 0 Å². The van der Waals surface area contributed by atoms with Crippen LogP contribution in [0.15, 0.2) is 4.99 Å². The molecule has 0 radical (unpaired) electrons. The van der Waals surface area contributed by atoms with Crippen LogP contribution in [0.4, 0.5) is 0 Å². The molecular weight excluding hydrogens is 410 g/mol. The molecule has 0 saturated heterocycles. The number of carbonyl (C=O) groups excluding carboxylic acids is 2. The summed E-state index contributed by atoms with van der Waals surface area (Å²) >= 11 is 0. The second kappa shape index (κ2) is 12.9. The summed E-state index contributed by atoms with van der Waals surface area (Å²) in [7, 11) is 0.